The molecule has 16 heavy (non-hydrogen) atoms. The van der Waals surface area contributed by atoms with Gasteiger partial charge in [-0.25, -0.2) is 0 Å². The Bertz CT molecular complexity index is 321. The molecule has 4 aliphatic rings. The summed E-state index contributed by atoms with van der Waals surface area (Å²) in [5, 5.41) is 0. The maximum absolute atomic E-state index is 5.92. The zero-order valence-electron chi connectivity index (χ0n) is 9.59. The summed E-state index contributed by atoms with van der Waals surface area (Å²) in [6, 6.07) is 0.614. The zero-order valence-corrected chi connectivity index (χ0v) is 9.59. The summed E-state index contributed by atoms with van der Waals surface area (Å²) in [5.74, 6) is -0.542. The molecule has 90 valence electrons. The van der Waals surface area contributed by atoms with E-state index in [2.05, 4.69) is 4.90 Å². The third-order valence-electron chi connectivity index (χ3n) is 3.81. The molecule has 5 nitrogen and oxygen atoms in total. The van der Waals surface area contributed by atoms with Gasteiger partial charge >= 0.3 is 0 Å². The molecule has 0 radical (unpaired) electrons. The van der Waals surface area contributed by atoms with E-state index in [-0.39, 0.29) is 24.6 Å². The summed E-state index contributed by atoms with van der Waals surface area (Å²) in [6.45, 7) is 6.74. The highest BCUT2D eigenvalue weighted by molar-refractivity contribution is 5.02. The number of ether oxygens (including phenoxy) is 4. The van der Waals surface area contributed by atoms with Gasteiger partial charge in [-0.3, -0.25) is 4.90 Å². The molecule has 0 aromatic heterocycles. The van der Waals surface area contributed by atoms with Crippen LogP contribution in [0.25, 0.3) is 0 Å². The van der Waals surface area contributed by atoms with Gasteiger partial charge in [-0.05, 0) is 13.8 Å². The van der Waals surface area contributed by atoms with Crippen LogP contribution in [0.4, 0.5) is 0 Å². The highest BCUT2D eigenvalue weighted by Gasteiger charge is 2.58. The summed E-state index contributed by atoms with van der Waals surface area (Å²) < 4.78 is 23.4. The van der Waals surface area contributed by atoms with Gasteiger partial charge in [0, 0.05) is 19.1 Å². The predicted molar refractivity (Wildman–Crippen MR) is 53.8 cm³/mol. The van der Waals surface area contributed by atoms with E-state index < -0.39 is 5.79 Å². The standard InChI is InChI=1S/C11H17NO4/c1-11(2)15-9-8-7(14-10(9)16-11)4-12-3-6(12)5-13-8/h6-10H,3-5H2,1-2H3/t6?,7-,8-,9-,10-,12?/m1/s1. The van der Waals surface area contributed by atoms with Crippen molar-refractivity contribution >= 4 is 0 Å². The highest BCUT2D eigenvalue weighted by Crippen LogP contribution is 2.41. The first-order chi connectivity index (χ1) is 7.62. The maximum Gasteiger partial charge on any atom is 0.190 e. The summed E-state index contributed by atoms with van der Waals surface area (Å²) >= 11 is 0. The number of hydrogen-bond donors (Lipinski definition) is 0. The quantitative estimate of drug-likeness (QED) is 0.542. The Morgan fingerprint density at radius 1 is 1.12 bits per heavy atom. The number of rotatable bonds is 0. The number of nitrogens with zero attached hydrogens (tertiary/aromatic N) is 1. The van der Waals surface area contributed by atoms with Crippen LogP contribution in [0.15, 0.2) is 0 Å². The molecule has 0 aliphatic carbocycles. The topological polar surface area (TPSA) is 39.9 Å². The summed E-state index contributed by atoms with van der Waals surface area (Å²) in [6.07, 6.45) is -0.154. The molecule has 4 fully saturated rings. The van der Waals surface area contributed by atoms with Crippen LogP contribution >= 0.6 is 0 Å². The van der Waals surface area contributed by atoms with E-state index in [0.29, 0.717) is 6.04 Å². The lowest BCUT2D eigenvalue weighted by Gasteiger charge is -2.24. The van der Waals surface area contributed by atoms with Crippen LogP contribution in [-0.4, -0.2) is 61.0 Å². The molecular formula is C11H17NO4. The molecule has 0 spiro atoms. The van der Waals surface area contributed by atoms with E-state index in [1.165, 1.54) is 0 Å². The van der Waals surface area contributed by atoms with Crippen molar-refractivity contribution in [2.24, 2.45) is 0 Å². The van der Waals surface area contributed by atoms with E-state index in [1.807, 2.05) is 13.8 Å². The first-order valence-electron chi connectivity index (χ1n) is 5.99. The third-order valence-corrected chi connectivity index (χ3v) is 3.81. The van der Waals surface area contributed by atoms with Crippen LogP contribution in [0.2, 0.25) is 0 Å². The van der Waals surface area contributed by atoms with Crippen molar-refractivity contribution in [3.8, 4) is 0 Å². The Kier molecular flexibility index (Phi) is 1.82. The molecule has 0 aromatic carbocycles. The van der Waals surface area contributed by atoms with Gasteiger partial charge in [-0.1, -0.05) is 0 Å². The van der Waals surface area contributed by atoms with Crippen molar-refractivity contribution in [3.63, 3.8) is 0 Å². The van der Waals surface area contributed by atoms with Crippen LogP contribution in [-0.2, 0) is 18.9 Å². The van der Waals surface area contributed by atoms with Gasteiger partial charge in [0.2, 0.25) is 0 Å². The average molecular weight is 227 g/mol. The predicted octanol–water partition coefficient (Wildman–Crippen LogP) is -0.0542. The highest BCUT2D eigenvalue weighted by atomic mass is 16.8. The second kappa shape index (κ2) is 2.97. The van der Waals surface area contributed by atoms with E-state index in [1.54, 1.807) is 0 Å². The third kappa shape index (κ3) is 1.36. The van der Waals surface area contributed by atoms with Crippen molar-refractivity contribution in [3.05, 3.63) is 0 Å². The molecule has 0 amide bonds. The van der Waals surface area contributed by atoms with E-state index >= 15 is 0 Å². The van der Waals surface area contributed by atoms with Gasteiger partial charge in [0.05, 0.1) is 6.61 Å². The molecule has 5 heteroatoms. The first-order valence-corrected chi connectivity index (χ1v) is 5.99. The minimum absolute atomic E-state index is 0.0413. The summed E-state index contributed by atoms with van der Waals surface area (Å²) in [4.78, 5) is 2.39. The molecular weight excluding hydrogens is 210 g/mol. The molecule has 0 bridgehead atoms. The van der Waals surface area contributed by atoms with Crippen molar-refractivity contribution < 1.29 is 18.9 Å². The Morgan fingerprint density at radius 2 is 2.00 bits per heavy atom. The number of fused-ring (bicyclic) bond motifs is 4. The van der Waals surface area contributed by atoms with E-state index in [9.17, 15) is 0 Å². The van der Waals surface area contributed by atoms with Gasteiger partial charge in [0.25, 0.3) is 0 Å². The lowest BCUT2D eigenvalue weighted by Crippen LogP contribution is -2.38. The van der Waals surface area contributed by atoms with Gasteiger partial charge in [-0.2, -0.15) is 0 Å². The Hall–Kier alpha value is -0.200. The van der Waals surface area contributed by atoms with E-state index in [0.717, 1.165) is 19.7 Å². The van der Waals surface area contributed by atoms with Gasteiger partial charge in [0.15, 0.2) is 12.1 Å². The van der Waals surface area contributed by atoms with Gasteiger partial charge in [-0.15, -0.1) is 0 Å². The molecule has 2 unspecified atom stereocenters. The summed E-state index contributed by atoms with van der Waals surface area (Å²) in [5.41, 5.74) is 0. The largest absolute Gasteiger partial charge is 0.371 e. The van der Waals surface area contributed by atoms with Gasteiger partial charge in [0.1, 0.15) is 18.3 Å². The molecule has 0 aromatic rings. The fourth-order valence-corrected chi connectivity index (χ4v) is 2.95. The van der Waals surface area contributed by atoms with Crippen LogP contribution in [0, 0.1) is 0 Å². The Balaban J connectivity index is 1.55. The minimum Gasteiger partial charge on any atom is -0.371 e. The molecule has 0 saturated carbocycles. The van der Waals surface area contributed by atoms with Gasteiger partial charge < -0.3 is 18.9 Å². The second-order valence-corrected chi connectivity index (χ2v) is 5.55. The molecule has 4 saturated heterocycles. The Morgan fingerprint density at radius 3 is 2.88 bits per heavy atom. The van der Waals surface area contributed by atoms with Crippen LogP contribution in [0.3, 0.4) is 0 Å². The van der Waals surface area contributed by atoms with E-state index in [4.69, 9.17) is 18.9 Å². The van der Waals surface area contributed by atoms with Crippen LogP contribution < -0.4 is 0 Å². The molecule has 6 atom stereocenters. The molecule has 4 rings (SSSR count). The van der Waals surface area contributed by atoms with Crippen LogP contribution in [0.5, 0.6) is 0 Å². The molecule has 4 heterocycles. The monoisotopic (exact) mass is 227 g/mol. The average Bonchev–Trinajstić information content (AvgIpc) is 2.78. The normalized spacial score (nSPS) is 57.4. The lowest BCUT2D eigenvalue weighted by atomic mass is 10.1. The van der Waals surface area contributed by atoms with Crippen molar-refractivity contribution in [2.45, 2.75) is 50.3 Å². The lowest BCUT2D eigenvalue weighted by molar-refractivity contribution is -0.216. The first kappa shape index (κ1) is 9.79. The molecule has 0 N–H and O–H groups in total. The maximum atomic E-state index is 5.92. The van der Waals surface area contributed by atoms with Crippen LogP contribution in [0.1, 0.15) is 13.8 Å². The minimum atomic E-state index is -0.542. The van der Waals surface area contributed by atoms with Crippen molar-refractivity contribution in [1.82, 2.24) is 4.90 Å². The molecule has 4 aliphatic heterocycles. The van der Waals surface area contributed by atoms with Crippen molar-refractivity contribution in [2.75, 3.05) is 19.7 Å². The number of hydrogen-bond acceptors (Lipinski definition) is 5. The Labute approximate surface area is 94.6 Å². The SMILES string of the molecule is CC1(C)O[C@H]2O[C@@H]3CN4CC4CO[C@H]3[C@H]2O1. The second-order valence-electron chi connectivity index (χ2n) is 5.55. The zero-order chi connectivity index (χ0) is 10.9. The fraction of sp³-hybridized carbons (Fsp3) is 1.00. The smallest absolute Gasteiger partial charge is 0.190 e. The van der Waals surface area contributed by atoms with Crippen molar-refractivity contribution in [1.29, 1.82) is 0 Å². The fourth-order valence-electron chi connectivity index (χ4n) is 2.95. The summed E-state index contributed by atoms with van der Waals surface area (Å²) in [7, 11) is 0.